The van der Waals surface area contributed by atoms with Crippen LogP contribution in [0.5, 0.6) is 46.0 Å². The van der Waals surface area contributed by atoms with Gasteiger partial charge in [-0.1, -0.05) is 116 Å². The van der Waals surface area contributed by atoms with Gasteiger partial charge < -0.3 is 128 Å². The van der Waals surface area contributed by atoms with E-state index < -0.39 is 231 Å². The molecule has 18 atom stereocenters. The zero-order valence-electron chi connectivity index (χ0n) is 62.4. The number of carboxylic acid groups (broad SMARTS) is 1. The number of nitrogens with two attached hydrogens (primary N) is 1. The Bertz CT molecular complexity index is 4330. The first kappa shape index (κ1) is 86.9. The molecule has 37 heteroatoms. The van der Waals surface area contributed by atoms with Crippen molar-refractivity contribution in [3.05, 3.63) is 117 Å². The van der Waals surface area contributed by atoms with Crippen LogP contribution >= 0.6 is 44.8 Å². The molecule has 11 bridgehead atoms. The average molecular weight is 1650 g/mol. The van der Waals surface area contributed by atoms with Crippen LogP contribution in [-0.2, 0) is 52.6 Å². The minimum atomic E-state index is -2.35. The van der Waals surface area contributed by atoms with Crippen molar-refractivity contribution in [2.75, 3.05) is 31.7 Å². The van der Waals surface area contributed by atoms with Gasteiger partial charge in [0.15, 0.2) is 29.9 Å². The Hall–Kier alpha value is -8.50. The number of amides is 7. The molecule has 7 aliphatic rings. The van der Waals surface area contributed by atoms with Gasteiger partial charge in [0.25, 0.3) is 0 Å². The van der Waals surface area contributed by atoms with E-state index in [0.717, 1.165) is 91.7 Å². The number of nitrogens with one attached hydrogen (secondary N) is 8. The molecule has 0 unspecified atom stereocenters. The molecule has 113 heavy (non-hydrogen) atoms. The Morgan fingerprint density at radius 2 is 1.32 bits per heavy atom. The van der Waals surface area contributed by atoms with Crippen molar-refractivity contribution in [1.29, 1.82) is 0 Å². The molecule has 5 aromatic rings. The van der Waals surface area contributed by atoms with Gasteiger partial charge in [-0.25, -0.2) is 4.79 Å². The fourth-order valence-corrected chi connectivity index (χ4v) is 16.6. The number of carbonyl (C=O) groups is 8. The summed E-state index contributed by atoms with van der Waals surface area (Å²) < 4.78 is 39.4. The van der Waals surface area contributed by atoms with Crippen molar-refractivity contribution in [2.45, 2.75) is 202 Å². The van der Waals surface area contributed by atoms with Gasteiger partial charge in [-0.15, -0.1) is 0 Å². The number of aromatic hydroxyl groups is 3. The monoisotopic (exact) mass is 1650 g/mol. The number of rotatable bonds is 25. The molecule has 0 aromatic heterocycles. The van der Waals surface area contributed by atoms with Crippen LogP contribution in [0.25, 0.3) is 11.1 Å². The molecule has 33 nitrogen and oxygen atoms in total. The topological polar surface area (TPSA) is 517 Å². The Balaban J connectivity index is 1.17. The summed E-state index contributed by atoms with van der Waals surface area (Å²) in [5.74, 6) is -14.2. The molecule has 2 saturated heterocycles. The summed E-state index contributed by atoms with van der Waals surface area (Å²) in [6, 6.07) is -0.438. The summed E-state index contributed by atoms with van der Waals surface area (Å²) >= 11 is 14.3. The van der Waals surface area contributed by atoms with Crippen LogP contribution in [0, 0.1) is 5.92 Å². The number of hydrogen-bond donors (Lipinski definition) is 19. The number of phenols is 3. The highest BCUT2D eigenvalue weighted by Crippen LogP contribution is 2.50. The number of carbonyl (C=O) groups excluding carboxylic acids is 7. The maximum Gasteiger partial charge on any atom is 0.330 e. The van der Waals surface area contributed by atoms with Crippen LogP contribution in [0.15, 0.2) is 78.9 Å². The molecule has 7 amide bonds. The number of likely N-dealkylation sites (N-methyl/N-ethyl adjacent to an activating group) is 1. The Kier molecular flexibility index (Phi) is 29.5. The standard InChI is InChI=1S/C76H95Cl2N9O24S2/c1-7-8-9-10-11-12-20-112-113-21-19-81-76(5)31-54(106-34(4)67(76)97)110-66-64(96)63(95)52(32-88)109-75(66)111-65-50-26-38-27-51(65)108-49-18-15-37(25-43(49)78)62(94)60-73(103)85-58(74(104)105)41-28-39(89)29-47(91)55(41)40-23-35(13-16-46(40)90)56(70(100)87-60)84-71(101)57(38)83-69(99)45(30-53(79)92)82-72(102)59(86-68(98)44(80-6)22-33(2)3)61(93)36-14-17-48(107-50)42(77)24-36/h13-18,23-29,33-34,44-45,52,54,56-64,66-67,75,80-81,88-91,93-97H,7-12,19-22,30-32H2,1-6H3,(H2,79,92)(H,82,102)(H,83,99)(H,84,101)(H,85,103)(H,86,98)(H,87,100)(H,104,105)/t34-,44-,45+,52+,54+,56-,57-,58+,59-,60+,61-,62-,63+,64+,66+,67-,75-,76+/m1/s1. The Morgan fingerprint density at radius 1 is 0.699 bits per heavy atom. The summed E-state index contributed by atoms with van der Waals surface area (Å²) in [4.78, 5) is 118. The van der Waals surface area contributed by atoms with Gasteiger partial charge in [0.1, 0.15) is 89.5 Å². The number of fused-ring (bicyclic) bond motifs is 15. The third kappa shape index (κ3) is 20.6. The van der Waals surface area contributed by atoms with Crippen LogP contribution in [0.3, 0.4) is 0 Å². The van der Waals surface area contributed by atoms with Gasteiger partial charge in [-0.2, -0.15) is 0 Å². The van der Waals surface area contributed by atoms with Gasteiger partial charge in [0.2, 0.25) is 53.4 Å². The van der Waals surface area contributed by atoms with Crippen LogP contribution in [0.1, 0.15) is 151 Å². The lowest BCUT2D eigenvalue weighted by atomic mass is 9.85. The second kappa shape index (κ2) is 38.3. The van der Waals surface area contributed by atoms with E-state index >= 15 is 14.4 Å². The van der Waals surface area contributed by atoms with Crippen molar-refractivity contribution in [3.63, 3.8) is 0 Å². The van der Waals surface area contributed by atoms with Gasteiger partial charge >= 0.3 is 5.97 Å². The van der Waals surface area contributed by atoms with Crippen molar-refractivity contribution in [3.8, 4) is 57.1 Å². The number of aliphatic carboxylic acids is 1. The molecule has 5 aromatic carbocycles. The molecular formula is C76H95Cl2N9O24S2. The number of primary amides is 1. The first-order valence-corrected chi connectivity index (χ1v) is 40.1. The minimum absolute atomic E-state index is 0.0954. The van der Waals surface area contributed by atoms with E-state index in [0.29, 0.717) is 12.3 Å². The van der Waals surface area contributed by atoms with E-state index in [1.54, 1.807) is 35.4 Å². The van der Waals surface area contributed by atoms with Crippen molar-refractivity contribution in [1.82, 2.24) is 42.5 Å². The fourth-order valence-electron chi connectivity index (χ4n) is 14.1. The number of halogens is 2. The normalized spacial score (nSPS) is 27.6. The van der Waals surface area contributed by atoms with E-state index in [4.69, 9.17) is 57.4 Å². The van der Waals surface area contributed by atoms with Crippen molar-refractivity contribution in [2.24, 2.45) is 11.7 Å². The molecule has 7 heterocycles. The maximum atomic E-state index is 16.2. The van der Waals surface area contributed by atoms with Crippen LogP contribution in [0.4, 0.5) is 0 Å². The Morgan fingerprint density at radius 3 is 1.95 bits per heavy atom. The fraction of sp³-hybridized carbons (Fsp3) is 0.500. The summed E-state index contributed by atoms with van der Waals surface area (Å²) in [5, 5.41) is 136. The van der Waals surface area contributed by atoms with Gasteiger partial charge in [0, 0.05) is 52.8 Å². The summed E-state index contributed by atoms with van der Waals surface area (Å²) in [7, 11) is 4.90. The SMILES string of the molecule is CCCCCCCCSSCCN[C@@]1(C)C[C@H](O[C@@H]2[C@@H](Oc3c4cc5cc3Oc3ccc(cc3Cl)[C@@H](O)[C@@H](NC(=O)[C@@H](CC(C)C)NC)C(=O)N[C@@H](CC(N)=O)C(=O)N[C@H]5C(=O)N[C@H]3C(=O)N[C@H](C(=O)N[C@H](C(=O)O)c5cc(O)cc(O)c5-c5cc3ccc5O)[C@H](O)c3ccc(c(Cl)c3)O4)O[C@@H](CO)[C@H](O)[C@@H]2O)O[C@H](C)[C@H]1O. The molecule has 614 valence electrons. The first-order valence-electron chi connectivity index (χ1n) is 36.9. The molecule has 0 saturated carbocycles. The third-order valence-electron chi connectivity index (χ3n) is 20.1. The van der Waals surface area contributed by atoms with Gasteiger partial charge in [-0.05, 0) is 117 Å². The molecule has 12 rings (SSSR count). The summed E-state index contributed by atoms with van der Waals surface area (Å²) in [6.45, 7) is 8.66. The van der Waals surface area contributed by atoms with E-state index in [9.17, 15) is 75.0 Å². The summed E-state index contributed by atoms with van der Waals surface area (Å²) in [5.41, 5.74) is 1.88. The predicted octanol–water partition coefficient (Wildman–Crippen LogP) is 4.48. The average Bonchev–Trinajstić information content (AvgIpc) is 0.769. The number of unbranched alkanes of at least 4 members (excludes halogenated alkanes) is 5. The minimum Gasteiger partial charge on any atom is -0.508 e. The number of benzene rings is 5. The van der Waals surface area contributed by atoms with Crippen LogP contribution in [-0.4, -0.2) is 209 Å². The molecule has 0 aliphatic carbocycles. The number of ether oxygens (including phenoxy) is 6. The lowest BCUT2D eigenvalue weighted by Gasteiger charge is -2.48. The lowest BCUT2D eigenvalue weighted by Crippen LogP contribution is -2.65. The number of aliphatic hydroxyl groups is 6. The summed E-state index contributed by atoms with van der Waals surface area (Å²) in [6.07, 6.45) is -11.2. The molecular weight excluding hydrogens is 1560 g/mol. The second-order valence-electron chi connectivity index (χ2n) is 29.0. The van der Waals surface area contributed by atoms with E-state index in [2.05, 4.69) is 49.5 Å². The molecule has 20 N–H and O–H groups in total. The number of hydrogen-bond acceptors (Lipinski definition) is 27. The zero-order valence-corrected chi connectivity index (χ0v) is 65.6. The molecule has 2 fully saturated rings. The molecule has 0 radical (unpaired) electrons. The largest absolute Gasteiger partial charge is 0.508 e. The number of aliphatic hydroxyl groups excluding tert-OH is 6. The lowest BCUT2D eigenvalue weighted by molar-refractivity contribution is -0.334. The predicted molar refractivity (Wildman–Crippen MR) is 411 cm³/mol. The van der Waals surface area contributed by atoms with E-state index in [-0.39, 0.29) is 52.0 Å². The van der Waals surface area contributed by atoms with E-state index in [1.165, 1.54) is 38.4 Å². The highest BCUT2D eigenvalue weighted by molar-refractivity contribution is 8.76. The van der Waals surface area contributed by atoms with Gasteiger partial charge in [-0.3, -0.25) is 33.6 Å². The smallest absolute Gasteiger partial charge is 0.330 e. The molecule has 0 spiro atoms. The van der Waals surface area contributed by atoms with Crippen LogP contribution < -0.4 is 62.5 Å². The second-order valence-corrected chi connectivity index (χ2v) is 32.5. The number of phenolic OH excluding ortho intramolecular Hbond substituents is 3. The quantitative estimate of drug-likeness (QED) is 0.0283. The van der Waals surface area contributed by atoms with E-state index in [1.807, 2.05) is 13.8 Å². The van der Waals surface area contributed by atoms with Crippen molar-refractivity contribution >= 4 is 92.1 Å². The van der Waals surface area contributed by atoms with Gasteiger partial charge in [0.05, 0.1) is 41.3 Å². The van der Waals surface area contributed by atoms with Crippen molar-refractivity contribution < 1.29 is 118 Å². The Labute approximate surface area is 667 Å². The maximum absolute atomic E-state index is 16.2. The molecule has 7 aliphatic heterocycles. The first-order chi connectivity index (χ1) is 53.7. The third-order valence-corrected chi connectivity index (χ3v) is 23.2. The van der Waals surface area contributed by atoms with Crippen LogP contribution in [0.2, 0.25) is 10.0 Å². The highest BCUT2D eigenvalue weighted by atomic mass is 35.5. The zero-order chi connectivity index (χ0) is 82.0. The number of carboxylic acids is 1. The highest BCUT2D eigenvalue weighted by Gasteiger charge is 2.52.